The van der Waals surface area contributed by atoms with Crippen LogP contribution in [0.5, 0.6) is 11.5 Å². The summed E-state index contributed by atoms with van der Waals surface area (Å²) in [6.45, 7) is 0.422. The van der Waals surface area contributed by atoms with Gasteiger partial charge in [-0.25, -0.2) is 9.78 Å². The van der Waals surface area contributed by atoms with Crippen molar-refractivity contribution in [3.63, 3.8) is 0 Å². The summed E-state index contributed by atoms with van der Waals surface area (Å²) in [6, 6.07) is 11.9. The summed E-state index contributed by atoms with van der Waals surface area (Å²) in [5.41, 5.74) is 1.82. The van der Waals surface area contributed by atoms with Crippen LogP contribution in [0.15, 0.2) is 47.8 Å². The molecule has 3 aromatic rings. The first kappa shape index (κ1) is 22.4. The van der Waals surface area contributed by atoms with Gasteiger partial charge >= 0.3 is 6.03 Å². The van der Waals surface area contributed by atoms with Gasteiger partial charge in [0.1, 0.15) is 5.69 Å². The molecule has 3 rings (SSSR count). The van der Waals surface area contributed by atoms with E-state index in [-0.39, 0.29) is 11.6 Å². The van der Waals surface area contributed by atoms with E-state index in [1.54, 1.807) is 43.9 Å². The van der Waals surface area contributed by atoms with E-state index in [9.17, 15) is 9.59 Å². The van der Waals surface area contributed by atoms with E-state index in [4.69, 9.17) is 21.1 Å². The second kappa shape index (κ2) is 10.6. The highest BCUT2D eigenvalue weighted by molar-refractivity contribution is 7.14. The van der Waals surface area contributed by atoms with Gasteiger partial charge in [0.2, 0.25) is 0 Å². The van der Waals surface area contributed by atoms with Crippen LogP contribution in [-0.4, -0.2) is 37.7 Å². The molecular weight excluding hydrogens is 440 g/mol. The number of hydrogen-bond donors (Lipinski definition) is 3. The number of benzene rings is 2. The van der Waals surface area contributed by atoms with Gasteiger partial charge in [0.05, 0.1) is 14.2 Å². The Bertz CT molecular complexity index is 1060. The monoisotopic (exact) mass is 460 g/mol. The largest absolute Gasteiger partial charge is 0.493 e. The number of nitrogens with zero attached hydrogens (tertiary/aromatic N) is 1. The number of urea groups is 1. The van der Waals surface area contributed by atoms with Gasteiger partial charge in [-0.1, -0.05) is 17.7 Å². The molecule has 3 amide bonds. The average molecular weight is 461 g/mol. The van der Waals surface area contributed by atoms with E-state index < -0.39 is 6.03 Å². The molecule has 0 aliphatic carbocycles. The third-order valence-corrected chi connectivity index (χ3v) is 5.22. The van der Waals surface area contributed by atoms with Crippen LogP contribution < -0.4 is 25.4 Å². The Kier molecular flexibility index (Phi) is 7.69. The summed E-state index contributed by atoms with van der Waals surface area (Å²) < 4.78 is 10.5. The highest BCUT2D eigenvalue weighted by atomic mass is 35.5. The molecule has 162 valence electrons. The van der Waals surface area contributed by atoms with E-state index in [0.717, 1.165) is 16.9 Å². The van der Waals surface area contributed by atoms with Gasteiger partial charge in [-0.05, 0) is 48.4 Å². The highest BCUT2D eigenvalue weighted by Gasteiger charge is 2.13. The van der Waals surface area contributed by atoms with Crippen molar-refractivity contribution in [2.45, 2.75) is 6.42 Å². The topological polar surface area (TPSA) is 102 Å². The molecule has 0 spiro atoms. The average Bonchev–Trinajstić information content (AvgIpc) is 3.23. The molecule has 10 heteroatoms. The van der Waals surface area contributed by atoms with Crippen molar-refractivity contribution < 1.29 is 19.1 Å². The predicted molar refractivity (Wildman–Crippen MR) is 122 cm³/mol. The van der Waals surface area contributed by atoms with Gasteiger partial charge < -0.3 is 20.1 Å². The minimum Gasteiger partial charge on any atom is -0.493 e. The molecule has 8 nitrogen and oxygen atoms in total. The summed E-state index contributed by atoms with van der Waals surface area (Å²) in [6.07, 6.45) is 0.616. The Morgan fingerprint density at radius 3 is 2.48 bits per heavy atom. The van der Waals surface area contributed by atoms with Crippen LogP contribution >= 0.6 is 22.9 Å². The number of aromatic nitrogens is 1. The molecule has 0 aliphatic heterocycles. The Balaban J connectivity index is 1.48. The van der Waals surface area contributed by atoms with Crippen LogP contribution in [0.3, 0.4) is 0 Å². The molecule has 0 bridgehead atoms. The third-order valence-electron chi connectivity index (χ3n) is 4.21. The van der Waals surface area contributed by atoms with Gasteiger partial charge in [0, 0.05) is 22.6 Å². The molecule has 0 aliphatic rings. The number of nitrogens with one attached hydrogen (secondary N) is 3. The fourth-order valence-electron chi connectivity index (χ4n) is 2.68. The first-order valence-corrected chi connectivity index (χ1v) is 10.5. The normalized spacial score (nSPS) is 10.3. The van der Waals surface area contributed by atoms with Gasteiger partial charge in [0.25, 0.3) is 5.91 Å². The maximum absolute atomic E-state index is 12.3. The number of amides is 3. The molecule has 0 radical (unpaired) electrons. The highest BCUT2D eigenvalue weighted by Crippen LogP contribution is 2.27. The lowest BCUT2D eigenvalue weighted by Crippen LogP contribution is -2.26. The molecular formula is C21H21ClN4O4S. The van der Waals surface area contributed by atoms with Gasteiger partial charge in [-0.15, -0.1) is 11.3 Å². The smallest absolute Gasteiger partial charge is 0.325 e. The van der Waals surface area contributed by atoms with Crippen molar-refractivity contribution in [2.24, 2.45) is 0 Å². The van der Waals surface area contributed by atoms with Gasteiger partial charge in [0.15, 0.2) is 16.6 Å². The molecule has 0 unspecified atom stereocenters. The molecule has 1 heterocycles. The second-order valence-electron chi connectivity index (χ2n) is 6.32. The number of methoxy groups -OCH3 is 2. The number of halogens is 1. The number of ether oxygens (including phenoxy) is 2. The summed E-state index contributed by atoms with van der Waals surface area (Å²) in [5, 5.41) is 10.6. The molecule has 3 N–H and O–H groups in total. The van der Waals surface area contributed by atoms with Gasteiger partial charge in [-0.3, -0.25) is 10.1 Å². The Labute approximate surface area is 188 Å². The van der Waals surface area contributed by atoms with E-state index in [0.29, 0.717) is 40.3 Å². The molecule has 0 fully saturated rings. The molecule has 0 saturated heterocycles. The second-order valence-corrected chi connectivity index (χ2v) is 7.61. The van der Waals surface area contributed by atoms with Crippen LogP contribution in [0, 0.1) is 0 Å². The van der Waals surface area contributed by atoms with E-state index >= 15 is 0 Å². The van der Waals surface area contributed by atoms with Crippen LogP contribution in [0.1, 0.15) is 16.1 Å². The minimum atomic E-state index is -0.461. The van der Waals surface area contributed by atoms with Crippen molar-refractivity contribution in [2.75, 3.05) is 31.4 Å². The van der Waals surface area contributed by atoms with E-state index in [1.165, 1.54) is 0 Å². The van der Waals surface area contributed by atoms with Crippen LogP contribution in [0.4, 0.5) is 15.6 Å². The van der Waals surface area contributed by atoms with Crippen molar-refractivity contribution in [3.05, 3.63) is 64.1 Å². The lowest BCUT2D eigenvalue weighted by atomic mass is 10.1. The Morgan fingerprint density at radius 1 is 1.03 bits per heavy atom. The quantitative estimate of drug-likeness (QED) is 0.461. The first-order chi connectivity index (χ1) is 15.0. The lowest BCUT2D eigenvalue weighted by Gasteiger charge is -2.09. The zero-order valence-electron chi connectivity index (χ0n) is 16.9. The number of anilines is 2. The predicted octanol–water partition coefficient (Wildman–Crippen LogP) is 4.43. The Morgan fingerprint density at radius 2 is 1.77 bits per heavy atom. The lowest BCUT2D eigenvalue weighted by molar-refractivity contribution is 0.0950. The van der Waals surface area contributed by atoms with Gasteiger partial charge in [-0.2, -0.15) is 0 Å². The van der Waals surface area contributed by atoms with Crippen molar-refractivity contribution >= 4 is 45.7 Å². The Hall–Kier alpha value is -3.30. The van der Waals surface area contributed by atoms with Crippen LogP contribution in [0.25, 0.3) is 0 Å². The molecule has 0 saturated carbocycles. The summed E-state index contributed by atoms with van der Waals surface area (Å²) in [4.78, 5) is 28.6. The van der Waals surface area contributed by atoms with E-state index in [1.807, 2.05) is 18.2 Å². The number of hydrogen-bond acceptors (Lipinski definition) is 6. The maximum atomic E-state index is 12.3. The number of carbonyl (C=O) groups excluding carboxylic acids is 2. The first-order valence-electron chi connectivity index (χ1n) is 9.26. The summed E-state index contributed by atoms with van der Waals surface area (Å²) >= 11 is 6.98. The SMILES string of the molecule is COc1ccc(CCNC(=O)c2csc(NC(=O)Nc3ccc(Cl)cc3)n2)cc1OC. The molecule has 31 heavy (non-hydrogen) atoms. The zero-order valence-corrected chi connectivity index (χ0v) is 18.5. The number of carbonyl (C=O) groups is 2. The fourth-order valence-corrected chi connectivity index (χ4v) is 3.49. The third kappa shape index (κ3) is 6.34. The van der Waals surface area contributed by atoms with Crippen molar-refractivity contribution in [1.82, 2.24) is 10.3 Å². The van der Waals surface area contributed by atoms with E-state index in [2.05, 4.69) is 20.9 Å². The minimum absolute atomic E-state index is 0.235. The number of thiazole rings is 1. The van der Waals surface area contributed by atoms with Crippen LogP contribution in [0.2, 0.25) is 5.02 Å². The fraction of sp³-hybridized carbons (Fsp3) is 0.190. The van der Waals surface area contributed by atoms with Crippen molar-refractivity contribution in [3.8, 4) is 11.5 Å². The molecule has 1 aromatic heterocycles. The summed E-state index contributed by atoms with van der Waals surface area (Å²) in [7, 11) is 3.16. The molecule has 2 aromatic carbocycles. The zero-order chi connectivity index (χ0) is 22.2. The number of rotatable bonds is 8. The maximum Gasteiger partial charge on any atom is 0.325 e. The van der Waals surface area contributed by atoms with Crippen LogP contribution in [-0.2, 0) is 6.42 Å². The van der Waals surface area contributed by atoms with Crippen molar-refractivity contribution in [1.29, 1.82) is 0 Å². The molecule has 0 atom stereocenters. The summed E-state index contributed by atoms with van der Waals surface area (Å²) in [5.74, 6) is 0.971. The standard InChI is InChI=1S/C21H21ClN4O4S/c1-29-17-8-3-13(11-18(17)30-2)9-10-23-19(27)16-12-31-21(25-16)26-20(28)24-15-6-4-14(22)5-7-15/h3-8,11-12H,9-10H2,1-2H3,(H,23,27)(H2,24,25,26,28).